The summed E-state index contributed by atoms with van der Waals surface area (Å²) in [5, 5.41) is 0. The van der Waals surface area contributed by atoms with Crippen LogP contribution in [0, 0.1) is 0 Å². The van der Waals surface area contributed by atoms with Crippen molar-refractivity contribution in [1.82, 2.24) is 4.98 Å². The van der Waals surface area contributed by atoms with Crippen LogP contribution in [0.15, 0.2) is 12.3 Å². The summed E-state index contributed by atoms with van der Waals surface area (Å²) in [5.74, 6) is -0.371. The van der Waals surface area contributed by atoms with Gasteiger partial charge < -0.3 is 15.5 Å². The second-order valence-corrected chi connectivity index (χ2v) is 2.12. The molecule has 1 heterocycles. The Labute approximate surface area is 64.4 Å². The number of rotatable bonds is 2. The maximum absolute atomic E-state index is 10.8. The molecule has 1 aromatic heterocycles. The van der Waals surface area contributed by atoms with E-state index in [-0.39, 0.29) is 5.97 Å². The Hall–Kier alpha value is -1.29. The van der Waals surface area contributed by atoms with Crippen LogP contribution in [0.3, 0.4) is 0 Å². The van der Waals surface area contributed by atoms with Crippen molar-refractivity contribution in [3.63, 3.8) is 0 Å². The summed E-state index contributed by atoms with van der Waals surface area (Å²) in [6.45, 7) is 0.424. The van der Waals surface area contributed by atoms with Gasteiger partial charge in [0.1, 0.15) is 5.69 Å². The molecule has 0 bridgehead atoms. The fourth-order valence-electron chi connectivity index (χ4n) is 0.785. The van der Waals surface area contributed by atoms with Gasteiger partial charge in [-0.2, -0.15) is 0 Å². The fraction of sp³-hybridized carbons (Fsp3) is 0.286. The van der Waals surface area contributed by atoms with Gasteiger partial charge in [0.15, 0.2) is 0 Å². The smallest absolute Gasteiger partial charge is 0.354 e. The Morgan fingerprint density at radius 3 is 3.00 bits per heavy atom. The molecular formula is C7H10N2O2. The van der Waals surface area contributed by atoms with E-state index in [4.69, 9.17) is 5.73 Å². The molecule has 0 saturated heterocycles. The lowest BCUT2D eigenvalue weighted by Gasteiger charge is -1.91. The van der Waals surface area contributed by atoms with Gasteiger partial charge in [-0.05, 0) is 11.6 Å². The predicted molar refractivity (Wildman–Crippen MR) is 40.0 cm³/mol. The van der Waals surface area contributed by atoms with E-state index >= 15 is 0 Å². The first-order valence-electron chi connectivity index (χ1n) is 3.23. The van der Waals surface area contributed by atoms with E-state index in [1.807, 2.05) is 0 Å². The van der Waals surface area contributed by atoms with E-state index < -0.39 is 0 Å². The highest BCUT2D eigenvalue weighted by Gasteiger charge is 2.06. The number of carbonyl (C=O) groups is 1. The van der Waals surface area contributed by atoms with Crippen LogP contribution in [0.2, 0.25) is 0 Å². The van der Waals surface area contributed by atoms with Gasteiger partial charge in [0.2, 0.25) is 0 Å². The normalized spacial score (nSPS) is 9.64. The van der Waals surface area contributed by atoms with Crippen LogP contribution in [0.4, 0.5) is 0 Å². The molecule has 0 radical (unpaired) electrons. The Bertz CT molecular complexity index is 255. The van der Waals surface area contributed by atoms with Gasteiger partial charge in [0.25, 0.3) is 0 Å². The van der Waals surface area contributed by atoms with E-state index in [0.29, 0.717) is 12.2 Å². The molecule has 0 aliphatic heterocycles. The Kier molecular flexibility index (Phi) is 2.28. The molecule has 0 fully saturated rings. The van der Waals surface area contributed by atoms with Gasteiger partial charge in [0.05, 0.1) is 7.11 Å². The molecule has 0 aliphatic carbocycles. The molecule has 60 valence electrons. The van der Waals surface area contributed by atoms with E-state index in [0.717, 1.165) is 5.56 Å². The summed E-state index contributed by atoms with van der Waals surface area (Å²) < 4.78 is 4.48. The van der Waals surface area contributed by atoms with E-state index in [2.05, 4.69) is 9.72 Å². The second-order valence-electron chi connectivity index (χ2n) is 2.12. The average molecular weight is 154 g/mol. The topological polar surface area (TPSA) is 68.1 Å². The highest BCUT2D eigenvalue weighted by atomic mass is 16.5. The third-order valence-electron chi connectivity index (χ3n) is 1.38. The van der Waals surface area contributed by atoms with Crippen LogP contribution >= 0.6 is 0 Å². The van der Waals surface area contributed by atoms with Gasteiger partial charge in [-0.3, -0.25) is 0 Å². The number of esters is 1. The van der Waals surface area contributed by atoms with E-state index in [1.165, 1.54) is 7.11 Å². The fourth-order valence-corrected chi connectivity index (χ4v) is 0.785. The molecule has 11 heavy (non-hydrogen) atoms. The Morgan fingerprint density at radius 2 is 2.55 bits per heavy atom. The number of carbonyl (C=O) groups excluding carboxylic acids is 1. The minimum absolute atomic E-state index is 0.371. The van der Waals surface area contributed by atoms with Crippen molar-refractivity contribution in [3.05, 3.63) is 23.5 Å². The molecule has 4 heteroatoms. The summed E-state index contributed by atoms with van der Waals surface area (Å²) in [4.78, 5) is 13.6. The monoisotopic (exact) mass is 154 g/mol. The summed E-state index contributed by atoms with van der Waals surface area (Å²) in [6, 6.07) is 1.67. The number of nitrogens with one attached hydrogen (secondary N) is 1. The number of nitrogens with two attached hydrogens (primary N) is 1. The van der Waals surface area contributed by atoms with Crippen LogP contribution in [0.25, 0.3) is 0 Å². The molecule has 0 aliphatic rings. The number of aromatic nitrogens is 1. The third kappa shape index (κ3) is 1.59. The number of aromatic amines is 1. The zero-order valence-corrected chi connectivity index (χ0v) is 6.26. The maximum atomic E-state index is 10.8. The summed E-state index contributed by atoms with van der Waals surface area (Å²) >= 11 is 0. The standard InChI is InChI=1S/C7H10N2O2/c1-11-7(10)6-2-5(3-8)4-9-6/h2,4,9H,3,8H2,1H3. The first-order chi connectivity index (χ1) is 5.27. The van der Waals surface area contributed by atoms with Crippen molar-refractivity contribution < 1.29 is 9.53 Å². The van der Waals surface area contributed by atoms with Crippen LogP contribution in [0.5, 0.6) is 0 Å². The Balaban J connectivity index is 2.80. The van der Waals surface area contributed by atoms with Crippen molar-refractivity contribution in [2.45, 2.75) is 6.54 Å². The maximum Gasteiger partial charge on any atom is 0.354 e. The lowest BCUT2D eigenvalue weighted by molar-refractivity contribution is 0.0595. The van der Waals surface area contributed by atoms with Gasteiger partial charge >= 0.3 is 5.97 Å². The molecule has 1 rings (SSSR count). The lowest BCUT2D eigenvalue weighted by atomic mass is 10.3. The zero-order chi connectivity index (χ0) is 8.27. The number of methoxy groups -OCH3 is 1. The third-order valence-corrected chi connectivity index (χ3v) is 1.38. The lowest BCUT2D eigenvalue weighted by Crippen LogP contribution is -2.00. The molecule has 0 amide bonds. The second kappa shape index (κ2) is 3.21. The quantitative estimate of drug-likeness (QED) is 0.600. The van der Waals surface area contributed by atoms with Crippen LogP contribution in [0.1, 0.15) is 16.1 Å². The number of H-pyrrole nitrogens is 1. The molecule has 0 unspecified atom stereocenters. The molecular weight excluding hydrogens is 144 g/mol. The van der Waals surface area contributed by atoms with Crippen molar-refractivity contribution in [3.8, 4) is 0 Å². The van der Waals surface area contributed by atoms with Gasteiger partial charge in [-0.15, -0.1) is 0 Å². The van der Waals surface area contributed by atoms with Gasteiger partial charge in [0, 0.05) is 12.7 Å². The molecule has 0 aromatic carbocycles. The van der Waals surface area contributed by atoms with Crippen LogP contribution < -0.4 is 5.73 Å². The average Bonchev–Trinajstić information content (AvgIpc) is 2.50. The highest BCUT2D eigenvalue weighted by molar-refractivity contribution is 5.87. The minimum Gasteiger partial charge on any atom is -0.464 e. The number of hydrogen-bond donors (Lipinski definition) is 2. The summed E-state index contributed by atoms with van der Waals surface area (Å²) in [5.41, 5.74) is 6.66. The highest BCUT2D eigenvalue weighted by Crippen LogP contribution is 2.02. The predicted octanol–water partition coefficient (Wildman–Crippen LogP) is 0.260. The SMILES string of the molecule is COC(=O)c1cc(CN)c[nH]1. The molecule has 0 spiro atoms. The minimum atomic E-state index is -0.371. The number of hydrogen-bond acceptors (Lipinski definition) is 3. The summed E-state index contributed by atoms with van der Waals surface area (Å²) in [6.07, 6.45) is 1.69. The first-order valence-corrected chi connectivity index (χ1v) is 3.23. The van der Waals surface area contributed by atoms with E-state index in [1.54, 1.807) is 12.3 Å². The van der Waals surface area contributed by atoms with E-state index in [9.17, 15) is 4.79 Å². The van der Waals surface area contributed by atoms with Crippen molar-refractivity contribution >= 4 is 5.97 Å². The van der Waals surface area contributed by atoms with Crippen molar-refractivity contribution in [2.75, 3.05) is 7.11 Å². The van der Waals surface area contributed by atoms with Crippen LogP contribution in [-0.2, 0) is 11.3 Å². The van der Waals surface area contributed by atoms with Gasteiger partial charge in [-0.1, -0.05) is 0 Å². The van der Waals surface area contributed by atoms with Gasteiger partial charge in [-0.25, -0.2) is 4.79 Å². The Morgan fingerprint density at radius 1 is 1.82 bits per heavy atom. The molecule has 0 atom stereocenters. The van der Waals surface area contributed by atoms with Crippen LogP contribution in [-0.4, -0.2) is 18.1 Å². The molecule has 4 nitrogen and oxygen atoms in total. The first kappa shape index (κ1) is 7.81. The molecule has 1 aromatic rings. The summed E-state index contributed by atoms with van der Waals surface area (Å²) in [7, 11) is 1.34. The largest absolute Gasteiger partial charge is 0.464 e. The van der Waals surface area contributed by atoms with Crippen molar-refractivity contribution in [1.29, 1.82) is 0 Å². The molecule has 0 saturated carbocycles. The molecule has 3 N–H and O–H groups in total. The van der Waals surface area contributed by atoms with Crippen molar-refractivity contribution in [2.24, 2.45) is 5.73 Å². The number of ether oxygens (including phenoxy) is 1. The zero-order valence-electron chi connectivity index (χ0n) is 6.26.